The van der Waals surface area contributed by atoms with Crippen LogP contribution < -0.4 is 10.5 Å². The number of nitrogens with one attached hydrogen (secondary N) is 1. The van der Waals surface area contributed by atoms with Crippen LogP contribution in [0.2, 0.25) is 0 Å². The van der Waals surface area contributed by atoms with E-state index in [2.05, 4.69) is 20.7 Å². The lowest BCUT2D eigenvalue weighted by molar-refractivity contribution is 0.577. The van der Waals surface area contributed by atoms with E-state index in [0.29, 0.717) is 22.6 Å². The van der Waals surface area contributed by atoms with Gasteiger partial charge in [-0.05, 0) is 52.9 Å². The molecule has 1 aliphatic rings. The van der Waals surface area contributed by atoms with E-state index in [-0.39, 0.29) is 4.90 Å². The molecule has 0 amide bonds. The highest BCUT2D eigenvalue weighted by Crippen LogP contribution is 2.28. The molecule has 2 rings (SSSR count). The fourth-order valence-corrected chi connectivity index (χ4v) is 2.98. The van der Waals surface area contributed by atoms with Crippen molar-refractivity contribution in [2.24, 2.45) is 5.92 Å². The second kappa shape index (κ2) is 4.35. The fraction of sp³-hybridized carbons (Fsp3) is 0.400. The predicted molar refractivity (Wildman–Crippen MR) is 66.5 cm³/mol. The molecule has 6 heteroatoms. The smallest absolute Gasteiger partial charge is 0.240 e. The van der Waals surface area contributed by atoms with Gasteiger partial charge in [0.1, 0.15) is 0 Å². The summed E-state index contributed by atoms with van der Waals surface area (Å²) in [6, 6.07) is 4.61. The van der Waals surface area contributed by atoms with Gasteiger partial charge in [0.15, 0.2) is 0 Å². The first-order valence-corrected chi connectivity index (χ1v) is 7.31. The third-order valence-corrected chi connectivity index (χ3v) is 4.65. The molecule has 0 heterocycles. The molecule has 0 bridgehead atoms. The van der Waals surface area contributed by atoms with Crippen LogP contribution in [0.15, 0.2) is 27.6 Å². The minimum Gasteiger partial charge on any atom is -0.398 e. The van der Waals surface area contributed by atoms with Gasteiger partial charge in [0.05, 0.1) is 4.90 Å². The topological polar surface area (TPSA) is 72.2 Å². The zero-order valence-electron chi connectivity index (χ0n) is 8.61. The number of anilines is 1. The summed E-state index contributed by atoms with van der Waals surface area (Å²) in [7, 11) is -3.39. The summed E-state index contributed by atoms with van der Waals surface area (Å²) >= 11 is 3.21. The quantitative estimate of drug-likeness (QED) is 0.832. The third kappa shape index (κ3) is 2.75. The molecule has 0 radical (unpaired) electrons. The maximum Gasteiger partial charge on any atom is 0.240 e. The Bertz CT molecular complexity index is 498. The molecule has 0 aromatic heterocycles. The molecule has 0 unspecified atom stereocenters. The van der Waals surface area contributed by atoms with Gasteiger partial charge in [-0.25, -0.2) is 13.1 Å². The molecule has 0 atom stereocenters. The van der Waals surface area contributed by atoms with Gasteiger partial charge in [0.25, 0.3) is 0 Å². The average Bonchev–Trinajstić information content (AvgIpc) is 3.03. The fourth-order valence-electron chi connectivity index (χ4n) is 1.31. The monoisotopic (exact) mass is 304 g/mol. The highest BCUT2D eigenvalue weighted by Gasteiger charge is 2.24. The van der Waals surface area contributed by atoms with E-state index < -0.39 is 10.0 Å². The number of nitrogen functional groups attached to an aromatic ring is 1. The lowest BCUT2D eigenvalue weighted by Gasteiger charge is -2.07. The summed E-state index contributed by atoms with van der Waals surface area (Å²) in [6.45, 7) is 0.532. The molecule has 88 valence electrons. The molecule has 0 spiro atoms. The molecule has 1 aromatic rings. The van der Waals surface area contributed by atoms with Crippen molar-refractivity contribution < 1.29 is 8.42 Å². The van der Waals surface area contributed by atoms with Crippen molar-refractivity contribution in [2.45, 2.75) is 17.7 Å². The van der Waals surface area contributed by atoms with Crippen molar-refractivity contribution in [3.05, 3.63) is 22.7 Å². The molecule has 1 fully saturated rings. The van der Waals surface area contributed by atoms with Crippen molar-refractivity contribution in [3.8, 4) is 0 Å². The van der Waals surface area contributed by atoms with Crippen LogP contribution in [0.3, 0.4) is 0 Å². The standard InChI is InChI=1S/C10H13BrN2O2S/c11-9-5-8(3-4-10(9)12)16(14,15)13-6-7-1-2-7/h3-5,7,13H,1-2,6,12H2. The van der Waals surface area contributed by atoms with Crippen molar-refractivity contribution in [2.75, 3.05) is 12.3 Å². The minimum atomic E-state index is -3.39. The SMILES string of the molecule is Nc1ccc(S(=O)(=O)NCC2CC2)cc1Br. The van der Waals surface area contributed by atoms with Crippen molar-refractivity contribution in [3.63, 3.8) is 0 Å². The molecular weight excluding hydrogens is 292 g/mol. The number of hydrogen-bond acceptors (Lipinski definition) is 3. The number of benzene rings is 1. The Morgan fingerprint density at radius 1 is 1.44 bits per heavy atom. The highest BCUT2D eigenvalue weighted by atomic mass is 79.9. The van der Waals surface area contributed by atoms with Crippen LogP contribution >= 0.6 is 15.9 Å². The minimum absolute atomic E-state index is 0.245. The van der Waals surface area contributed by atoms with Gasteiger partial charge in [-0.3, -0.25) is 0 Å². The van der Waals surface area contributed by atoms with Gasteiger partial charge in [-0.15, -0.1) is 0 Å². The zero-order valence-corrected chi connectivity index (χ0v) is 11.0. The Morgan fingerprint density at radius 2 is 2.12 bits per heavy atom. The Hall–Kier alpha value is -0.590. The first-order chi connectivity index (χ1) is 7.49. The van der Waals surface area contributed by atoms with E-state index in [9.17, 15) is 8.42 Å². The summed E-state index contributed by atoms with van der Waals surface area (Å²) in [4.78, 5) is 0.245. The van der Waals surface area contributed by atoms with Crippen molar-refractivity contribution in [1.82, 2.24) is 4.72 Å². The van der Waals surface area contributed by atoms with Crippen LogP contribution in [0, 0.1) is 5.92 Å². The van der Waals surface area contributed by atoms with Gasteiger partial charge in [0.2, 0.25) is 10.0 Å². The number of rotatable bonds is 4. The summed E-state index contributed by atoms with van der Waals surface area (Å²) in [5.74, 6) is 0.520. The van der Waals surface area contributed by atoms with E-state index in [1.807, 2.05) is 0 Å². The first-order valence-electron chi connectivity index (χ1n) is 5.04. The molecule has 16 heavy (non-hydrogen) atoms. The van der Waals surface area contributed by atoms with Crippen LogP contribution in [-0.2, 0) is 10.0 Å². The van der Waals surface area contributed by atoms with Gasteiger partial charge in [0, 0.05) is 16.7 Å². The van der Waals surface area contributed by atoms with Gasteiger partial charge < -0.3 is 5.73 Å². The van der Waals surface area contributed by atoms with Crippen LogP contribution in [0.4, 0.5) is 5.69 Å². The second-order valence-corrected chi connectivity index (χ2v) is 6.60. The summed E-state index contributed by atoms with van der Waals surface area (Å²) < 4.78 is 26.9. The summed E-state index contributed by atoms with van der Waals surface area (Å²) in [5.41, 5.74) is 6.13. The van der Waals surface area contributed by atoms with Crippen LogP contribution in [0.5, 0.6) is 0 Å². The summed E-state index contributed by atoms with van der Waals surface area (Å²) in [6.07, 6.45) is 2.24. The van der Waals surface area contributed by atoms with Crippen LogP contribution in [0.1, 0.15) is 12.8 Å². The number of halogens is 1. The Morgan fingerprint density at radius 3 is 2.69 bits per heavy atom. The van der Waals surface area contributed by atoms with E-state index in [0.717, 1.165) is 12.8 Å². The molecule has 1 aliphatic carbocycles. The predicted octanol–water partition coefficient (Wildman–Crippen LogP) is 1.72. The number of nitrogens with two attached hydrogens (primary N) is 1. The first kappa shape index (κ1) is 11.9. The Labute approximate surface area is 103 Å². The van der Waals surface area contributed by atoms with Crippen LogP contribution in [-0.4, -0.2) is 15.0 Å². The molecule has 3 N–H and O–H groups in total. The van der Waals surface area contributed by atoms with Crippen molar-refractivity contribution >= 4 is 31.6 Å². The maximum atomic E-state index is 11.9. The van der Waals surface area contributed by atoms with E-state index in [1.165, 1.54) is 12.1 Å². The number of hydrogen-bond donors (Lipinski definition) is 2. The largest absolute Gasteiger partial charge is 0.398 e. The van der Waals surface area contributed by atoms with Crippen molar-refractivity contribution in [1.29, 1.82) is 0 Å². The zero-order chi connectivity index (χ0) is 11.8. The van der Waals surface area contributed by atoms with Gasteiger partial charge in [-0.2, -0.15) is 0 Å². The average molecular weight is 305 g/mol. The lowest BCUT2D eigenvalue weighted by atomic mass is 10.3. The maximum absolute atomic E-state index is 11.9. The van der Waals surface area contributed by atoms with Crippen LogP contribution in [0.25, 0.3) is 0 Å². The molecule has 4 nitrogen and oxygen atoms in total. The Kier molecular flexibility index (Phi) is 3.23. The molecule has 1 saturated carbocycles. The van der Waals surface area contributed by atoms with E-state index >= 15 is 0 Å². The molecule has 0 saturated heterocycles. The normalized spacial score (nSPS) is 16.3. The number of sulfonamides is 1. The second-order valence-electron chi connectivity index (χ2n) is 3.98. The van der Waals surface area contributed by atoms with E-state index in [1.54, 1.807) is 6.07 Å². The van der Waals surface area contributed by atoms with Gasteiger partial charge >= 0.3 is 0 Å². The highest BCUT2D eigenvalue weighted by molar-refractivity contribution is 9.10. The molecule has 0 aliphatic heterocycles. The van der Waals surface area contributed by atoms with Gasteiger partial charge in [-0.1, -0.05) is 0 Å². The molecular formula is C10H13BrN2O2S. The summed E-state index contributed by atoms with van der Waals surface area (Å²) in [5, 5.41) is 0. The third-order valence-electron chi connectivity index (χ3n) is 2.54. The Balaban J connectivity index is 2.17. The molecule has 1 aromatic carbocycles. The van der Waals surface area contributed by atoms with E-state index in [4.69, 9.17) is 5.73 Å². The lowest BCUT2D eigenvalue weighted by Crippen LogP contribution is -2.25.